The van der Waals surface area contributed by atoms with Gasteiger partial charge in [0.1, 0.15) is 0 Å². The average molecular weight is 390 g/mol. The van der Waals surface area contributed by atoms with Gasteiger partial charge in [0.25, 0.3) is 0 Å². The highest BCUT2D eigenvalue weighted by molar-refractivity contribution is 7.89. The van der Waals surface area contributed by atoms with Crippen molar-refractivity contribution in [3.8, 4) is 0 Å². The molecule has 0 radical (unpaired) electrons. The second-order valence-electron chi connectivity index (χ2n) is 7.95. The maximum Gasteiger partial charge on any atom is 0.243 e. The van der Waals surface area contributed by atoms with Gasteiger partial charge in [-0.3, -0.25) is 4.79 Å². The van der Waals surface area contributed by atoms with Crippen LogP contribution in [0.3, 0.4) is 0 Å². The normalized spacial score (nSPS) is 28.6. The van der Waals surface area contributed by atoms with Crippen molar-refractivity contribution in [2.45, 2.75) is 24.7 Å². The maximum absolute atomic E-state index is 12.9. The van der Waals surface area contributed by atoms with E-state index in [0.29, 0.717) is 18.8 Å². The van der Waals surface area contributed by atoms with E-state index in [1.165, 1.54) is 19.8 Å². The number of carbonyl (C=O) groups is 1. The Bertz CT molecular complexity index is 827. The largest absolute Gasteiger partial charge is 0.326 e. The first-order chi connectivity index (χ1) is 12.9. The monoisotopic (exact) mass is 389 g/mol. The molecule has 2 bridgehead atoms. The highest BCUT2D eigenvalue weighted by Gasteiger charge is 2.37. The lowest BCUT2D eigenvalue weighted by Crippen LogP contribution is -2.49. The number of hydrogen-bond donors (Lipinski definition) is 1. The van der Waals surface area contributed by atoms with Crippen molar-refractivity contribution in [1.29, 1.82) is 0 Å². The second kappa shape index (κ2) is 7.37. The third-order valence-corrected chi connectivity index (χ3v) is 7.97. The van der Waals surface area contributed by atoms with Crippen LogP contribution in [0.2, 0.25) is 0 Å². The van der Waals surface area contributed by atoms with Crippen LogP contribution in [0.25, 0.3) is 0 Å². The van der Waals surface area contributed by atoms with E-state index in [1.54, 1.807) is 28.6 Å². The zero-order valence-corrected chi connectivity index (χ0v) is 16.5. The molecule has 7 heteroatoms. The van der Waals surface area contributed by atoms with Gasteiger partial charge in [-0.05, 0) is 54.9 Å². The van der Waals surface area contributed by atoms with Gasteiger partial charge in [-0.2, -0.15) is 4.31 Å². The van der Waals surface area contributed by atoms with Crippen LogP contribution in [-0.2, 0) is 14.8 Å². The summed E-state index contributed by atoms with van der Waals surface area (Å²) in [6, 6.07) is 6.39. The van der Waals surface area contributed by atoms with Crippen molar-refractivity contribution in [2.75, 3.05) is 38.0 Å². The Hall–Kier alpha value is -1.70. The fourth-order valence-electron chi connectivity index (χ4n) is 4.65. The van der Waals surface area contributed by atoms with Gasteiger partial charge in [0.2, 0.25) is 15.9 Å². The standard InChI is InChI=1S/C20H27N3O3S/c1-15(24)21-19-4-6-20(7-5-19)27(25,26)23-10-8-22(9-11-23)14-18-13-16-2-3-17(18)12-16/h2-7,16-18H,8-14H2,1H3,(H,21,24)/t16-,17+,18+/m0/s1. The molecule has 2 fully saturated rings. The van der Waals surface area contributed by atoms with Crippen LogP contribution in [0.4, 0.5) is 5.69 Å². The molecule has 0 unspecified atom stereocenters. The Morgan fingerprint density at radius 1 is 1.07 bits per heavy atom. The summed E-state index contributed by atoms with van der Waals surface area (Å²) in [5.74, 6) is 2.08. The summed E-state index contributed by atoms with van der Waals surface area (Å²) < 4.78 is 27.4. The van der Waals surface area contributed by atoms with Crippen LogP contribution >= 0.6 is 0 Å². The molecule has 2 aliphatic carbocycles. The molecular weight excluding hydrogens is 362 g/mol. The summed E-state index contributed by atoms with van der Waals surface area (Å²) in [5.41, 5.74) is 0.603. The minimum Gasteiger partial charge on any atom is -0.326 e. The molecule has 1 N–H and O–H groups in total. The minimum absolute atomic E-state index is 0.173. The predicted octanol–water partition coefficient (Wildman–Crippen LogP) is 2.16. The molecule has 1 aromatic rings. The first kappa shape index (κ1) is 18.7. The smallest absolute Gasteiger partial charge is 0.243 e. The van der Waals surface area contributed by atoms with Crippen molar-refractivity contribution in [3.63, 3.8) is 0 Å². The van der Waals surface area contributed by atoms with Gasteiger partial charge in [-0.15, -0.1) is 0 Å². The number of fused-ring (bicyclic) bond motifs is 2. The van der Waals surface area contributed by atoms with Gasteiger partial charge >= 0.3 is 0 Å². The van der Waals surface area contributed by atoms with E-state index in [1.807, 2.05) is 0 Å². The van der Waals surface area contributed by atoms with Gasteiger partial charge in [0, 0.05) is 45.3 Å². The molecule has 3 atom stereocenters. The van der Waals surface area contributed by atoms with E-state index in [9.17, 15) is 13.2 Å². The predicted molar refractivity (Wildman–Crippen MR) is 105 cm³/mol. The lowest BCUT2D eigenvalue weighted by molar-refractivity contribution is -0.114. The van der Waals surface area contributed by atoms with Crippen molar-refractivity contribution in [3.05, 3.63) is 36.4 Å². The number of rotatable bonds is 5. The number of amides is 1. The number of allylic oxidation sites excluding steroid dienone is 2. The lowest BCUT2D eigenvalue weighted by atomic mass is 9.93. The van der Waals surface area contributed by atoms with E-state index in [0.717, 1.165) is 37.4 Å². The molecule has 1 saturated heterocycles. The first-order valence-corrected chi connectivity index (χ1v) is 11.1. The Balaban J connectivity index is 1.34. The topological polar surface area (TPSA) is 69.7 Å². The van der Waals surface area contributed by atoms with Crippen molar-refractivity contribution in [1.82, 2.24) is 9.21 Å². The molecular formula is C20H27N3O3S. The molecule has 6 nitrogen and oxygen atoms in total. The number of sulfonamides is 1. The number of nitrogens with one attached hydrogen (secondary N) is 1. The molecule has 27 heavy (non-hydrogen) atoms. The van der Waals surface area contributed by atoms with Crippen LogP contribution in [0.15, 0.2) is 41.3 Å². The highest BCUT2D eigenvalue weighted by Crippen LogP contribution is 2.43. The van der Waals surface area contributed by atoms with Crippen molar-refractivity contribution in [2.24, 2.45) is 17.8 Å². The van der Waals surface area contributed by atoms with E-state index in [-0.39, 0.29) is 10.8 Å². The Morgan fingerprint density at radius 3 is 2.33 bits per heavy atom. The van der Waals surface area contributed by atoms with Crippen LogP contribution in [0.5, 0.6) is 0 Å². The number of anilines is 1. The lowest BCUT2D eigenvalue weighted by Gasteiger charge is -2.36. The summed E-state index contributed by atoms with van der Waals surface area (Å²) in [4.78, 5) is 13.8. The molecule has 3 aliphatic rings. The van der Waals surface area contributed by atoms with Gasteiger partial charge in [-0.1, -0.05) is 12.2 Å². The summed E-state index contributed by atoms with van der Waals surface area (Å²) >= 11 is 0. The van der Waals surface area contributed by atoms with E-state index >= 15 is 0 Å². The molecule has 1 aromatic carbocycles. The molecule has 4 rings (SSSR count). The van der Waals surface area contributed by atoms with E-state index in [2.05, 4.69) is 22.4 Å². The minimum atomic E-state index is -3.48. The summed E-state index contributed by atoms with van der Waals surface area (Å²) in [6.45, 7) is 5.17. The number of carbonyl (C=O) groups excluding carboxylic acids is 1. The van der Waals surface area contributed by atoms with Gasteiger partial charge < -0.3 is 10.2 Å². The zero-order valence-electron chi connectivity index (χ0n) is 15.7. The number of benzene rings is 1. The zero-order chi connectivity index (χ0) is 19.0. The number of hydrogen-bond acceptors (Lipinski definition) is 4. The summed E-state index contributed by atoms with van der Waals surface area (Å²) in [6.07, 6.45) is 7.35. The van der Waals surface area contributed by atoms with Crippen molar-refractivity contribution < 1.29 is 13.2 Å². The average Bonchev–Trinajstić information content (AvgIpc) is 3.25. The van der Waals surface area contributed by atoms with Crippen LogP contribution < -0.4 is 5.32 Å². The Morgan fingerprint density at radius 2 is 1.78 bits per heavy atom. The Kier molecular flexibility index (Phi) is 5.09. The Labute approximate surface area is 161 Å². The van der Waals surface area contributed by atoms with Gasteiger partial charge in [-0.25, -0.2) is 8.42 Å². The highest BCUT2D eigenvalue weighted by atomic mass is 32.2. The van der Waals surface area contributed by atoms with E-state index < -0.39 is 10.0 Å². The fourth-order valence-corrected chi connectivity index (χ4v) is 6.07. The van der Waals surface area contributed by atoms with Crippen molar-refractivity contribution >= 4 is 21.6 Å². The van der Waals surface area contributed by atoms with Crippen LogP contribution in [-0.4, -0.2) is 56.3 Å². The molecule has 1 heterocycles. The molecule has 1 saturated carbocycles. The van der Waals surface area contributed by atoms with E-state index in [4.69, 9.17) is 0 Å². The van der Waals surface area contributed by atoms with Crippen LogP contribution in [0.1, 0.15) is 19.8 Å². The first-order valence-electron chi connectivity index (χ1n) is 9.70. The van der Waals surface area contributed by atoms with Crippen LogP contribution in [0, 0.1) is 17.8 Å². The quantitative estimate of drug-likeness (QED) is 0.784. The maximum atomic E-state index is 12.9. The molecule has 146 valence electrons. The third kappa shape index (κ3) is 3.95. The molecule has 1 aliphatic heterocycles. The molecule has 0 spiro atoms. The summed E-state index contributed by atoms with van der Waals surface area (Å²) in [7, 11) is -3.48. The molecule has 0 aromatic heterocycles. The summed E-state index contributed by atoms with van der Waals surface area (Å²) in [5, 5.41) is 2.66. The van der Waals surface area contributed by atoms with Gasteiger partial charge in [0.15, 0.2) is 0 Å². The third-order valence-electron chi connectivity index (χ3n) is 6.05. The number of piperazine rings is 1. The SMILES string of the molecule is CC(=O)Nc1ccc(S(=O)(=O)N2CCN(C[C@H]3C[C@H]4C=C[C@@H]3C4)CC2)cc1. The molecule has 1 amide bonds. The fraction of sp³-hybridized carbons (Fsp3) is 0.550. The second-order valence-corrected chi connectivity index (χ2v) is 9.89. The number of nitrogens with zero attached hydrogens (tertiary/aromatic N) is 2. The van der Waals surface area contributed by atoms with Gasteiger partial charge in [0.05, 0.1) is 4.90 Å².